The standard InChI is InChI=1S/C17H23N3O4S2/c1-24-11-10-18-8-9-19-16(21)13-14-4-6-15(7-5-14)20-26(22,23)17-3-2-12-25-17/h2-7,12,18,20H,8-11,13H2,1H3,(H,19,21). The first-order chi connectivity index (χ1) is 12.5. The van der Waals surface area contributed by atoms with Crippen molar-refractivity contribution in [2.45, 2.75) is 10.6 Å². The largest absolute Gasteiger partial charge is 0.383 e. The molecule has 142 valence electrons. The lowest BCUT2D eigenvalue weighted by Gasteiger charge is -2.08. The number of carbonyl (C=O) groups excluding carboxylic acids is 1. The summed E-state index contributed by atoms with van der Waals surface area (Å²) in [5, 5.41) is 7.68. The number of sulfonamides is 1. The van der Waals surface area contributed by atoms with Crippen molar-refractivity contribution in [2.24, 2.45) is 0 Å². The van der Waals surface area contributed by atoms with Crippen LogP contribution >= 0.6 is 11.3 Å². The highest BCUT2D eigenvalue weighted by Gasteiger charge is 2.15. The van der Waals surface area contributed by atoms with Gasteiger partial charge in [0.15, 0.2) is 0 Å². The first-order valence-corrected chi connectivity index (χ1v) is 10.5. The molecular formula is C17H23N3O4S2. The van der Waals surface area contributed by atoms with Gasteiger partial charge in [0, 0.05) is 32.4 Å². The number of carbonyl (C=O) groups is 1. The molecule has 0 unspecified atom stereocenters. The topological polar surface area (TPSA) is 96.5 Å². The van der Waals surface area contributed by atoms with Gasteiger partial charge < -0.3 is 15.4 Å². The number of ether oxygens (including phenoxy) is 1. The summed E-state index contributed by atoms with van der Waals surface area (Å²) in [6.45, 7) is 2.60. The van der Waals surface area contributed by atoms with E-state index in [4.69, 9.17) is 4.74 Å². The molecule has 2 rings (SSSR count). The van der Waals surface area contributed by atoms with Crippen molar-refractivity contribution in [3.8, 4) is 0 Å². The number of methoxy groups -OCH3 is 1. The number of hydrogen-bond donors (Lipinski definition) is 3. The average Bonchev–Trinajstić information content (AvgIpc) is 3.15. The molecule has 0 fully saturated rings. The van der Waals surface area contributed by atoms with Crippen LogP contribution in [0.25, 0.3) is 0 Å². The van der Waals surface area contributed by atoms with Gasteiger partial charge in [-0.1, -0.05) is 18.2 Å². The van der Waals surface area contributed by atoms with Crippen molar-refractivity contribution in [1.82, 2.24) is 10.6 Å². The van der Waals surface area contributed by atoms with E-state index < -0.39 is 10.0 Å². The third kappa shape index (κ3) is 6.75. The maximum atomic E-state index is 12.2. The number of thiophene rings is 1. The van der Waals surface area contributed by atoms with Gasteiger partial charge >= 0.3 is 0 Å². The Morgan fingerprint density at radius 1 is 1.12 bits per heavy atom. The van der Waals surface area contributed by atoms with Crippen molar-refractivity contribution >= 4 is 33.0 Å². The number of nitrogens with one attached hydrogen (secondary N) is 3. The minimum atomic E-state index is -3.55. The molecular weight excluding hydrogens is 374 g/mol. The molecule has 0 atom stereocenters. The molecule has 3 N–H and O–H groups in total. The molecule has 0 radical (unpaired) electrons. The summed E-state index contributed by atoms with van der Waals surface area (Å²) in [6.07, 6.45) is 0.246. The van der Waals surface area contributed by atoms with Gasteiger partial charge in [-0.05, 0) is 29.1 Å². The molecule has 0 saturated carbocycles. The number of amides is 1. The van der Waals surface area contributed by atoms with E-state index in [1.165, 1.54) is 0 Å². The summed E-state index contributed by atoms with van der Waals surface area (Å²) in [5.41, 5.74) is 1.28. The fraction of sp³-hybridized carbons (Fsp3) is 0.353. The van der Waals surface area contributed by atoms with Gasteiger partial charge in [0.1, 0.15) is 4.21 Å². The Balaban J connectivity index is 1.77. The number of rotatable bonds is 11. The van der Waals surface area contributed by atoms with Crippen LogP contribution in [0.3, 0.4) is 0 Å². The van der Waals surface area contributed by atoms with Crippen LogP contribution in [0.4, 0.5) is 5.69 Å². The first kappa shape index (κ1) is 20.4. The molecule has 0 aliphatic heterocycles. The maximum absolute atomic E-state index is 12.2. The first-order valence-electron chi connectivity index (χ1n) is 8.13. The lowest BCUT2D eigenvalue weighted by molar-refractivity contribution is -0.120. The fourth-order valence-electron chi connectivity index (χ4n) is 2.15. The van der Waals surface area contributed by atoms with E-state index in [2.05, 4.69) is 15.4 Å². The molecule has 1 aromatic carbocycles. The molecule has 9 heteroatoms. The zero-order chi connectivity index (χ0) is 18.8. The summed E-state index contributed by atoms with van der Waals surface area (Å²) < 4.78 is 32.0. The summed E-state index contributed by atoms with van der Waals surface area (Å²) >= 11 is 1.16. The molecule has 26 heavy (non-hydrogen) atoms. The SMILES string of the molecule is COCCNCCNC(=O)Cc1ccc(NS(=O)(=O)c2cccs2)cc1. The number of hydrogen-bond acceptors (Lipinski definition) is 6. The van der Waals surface area contributed by atoms with E-state index >= 15 is 0 Å². The van der Waals surface area contributed by atoms with Crippen LogP contribution in [0.1, 0.15) is 5.56 Å². The zero-order valence-electron chi connectivity index (χ0n) is 14.5. The fourth-order valence-corrected chi connectivity index (χ4v) is 4.20. The predicted molar refractivity (Wildman–Crippen MR) is 103 cm³/mol. The van der Waals surface area contributed by atoms with E-state index in [-0.39, 0.29) is 16.5 Å². The lowest BCUT2D eigenvalue weighted by atomic mass is 10.1. The molecule has 0 aliphatic carbocycles. The third-order valence-electron chi connectivity index (χ3n) is 3.44. The molecule has 0 saturated heterocycles. The molecule has 7 nitrogen and oxygen atoms in total. The van der Waals surface area contributed by atoms with Crippen LogP contribution in [0.15, 0.2) is 46.0 Å². The van der Waals surface area contributed by atoms with Gasteiger partial charge in [-0.15, -0.1) is 11.3 Å². The average molecular weight is 398 g/mol. The van der Waals surface area contributed by atoms with E-state index in [1.807, 2.05) is 0 Å². The zero-order valence-corrected chi connectivity index (χ0v) is 16.2. The Kier molecular flexibility index (Phi) is 8.05. The highest BCUT2D eigenvalue weighted by Crippen LogP contribution is 2.20. The van der Waals surface area contributed by atoms with Crippen molar-refractivity contribution in [1.29, 1.82) is 0 Å². The molecule has 0 bridgehead atoms. The molecule has 0 spiro atoms. The second-order valence-electron chi connectivity index (χ2n) is 5.50. The molecule has 0 aliphatic rings. The van der Waals surface area contributed by atoms with Gasteiger partial charge in [-0.2, -0.15) is 0 Å². The quantitative estimate of drug-likeness (QED) is 0.499. The van der Waals surface area contributed by atoms with Gasteiger partial charge in [0.25, 0.3) is 10.0 Å². The Morgan fingerprint density at radius 3 is 2.54 bits per heavy atom. The van der Waals surface area contributed by atoms with Crippen molar-refractivity contribution < 1.29 is 17.9 Å². The van der Waals surface area contributed by atoms with Crippen LogP contribution in [0.5, 0.6) is 0 Å². The summed E-state index contributed by atoms with van der Waals surface area (Å²) in [4.78, 5) is 11.9. The predicted octanol–water partition coefficient (Wildman–Crippen LogP) is 1.44. The molecule has 1 amide bonds. The van der Waals surface area contributed by atoms with Crippen molar-refractivity contribution in [3.63, 3.8) is 0 Å². The van der Waals surface area contributed by atoms with Gasteiger partial charge in [0.05, 0.1) is 13.0 Å². The third-order valence-corrected chi connectivity index (χ3v) is 6.22. The van der Waals surface area contributed by atoms with Crippen LogP contribution in [0, 0.1) is 0 Å². The Bertz CT molecular complexity index is 775. The summed E-state index contributed by atoms with van der Waals surface area (Å²) in [6, 6.07) is 10.0. The summed E-state index contributed by atoms with van der Waals surface area (Å²) in [5.74, 6) is -0.0783. The monoisotopic (exact) mass is 397 g/mol. The van der Waals surface area contributed by atoms with E-state index in [9.17, 15) is 13.2 Å². The number of benzene rings is 1. The Morgan fingerprint density at radius 2 is 1.88 bits per heavy atom. The van der Waals surface area contributed by atoms with Gasteiger partial charge in [-0.25, -0.2) is 8.42 Å². The molecule has 1 aromatic heterocycles. The maximum Gasteiger partial charge on any atom is 0.271 e. The van der Waals surface area contributed by atoms with Crippen LogP contribution in [-0.2, 0) is 26.0 Å². The minimum absolute atomic E-state index is 0.0783. The van der Waals surface area contributed by atoms with Crippen LogP contribution in [-0.4, -0.2) is 47.7 Å². The Hall–Kier alpha value is -1.94. The normalized spacial score (nSPS) is 11.3. The highest BCUT2D eigenvalue weighted by molar-refractivity contribution is 7.94. The van der Waals surface area contributed by atoms with Crippen LogP contribution in [0.2, 0.25) is 0 Å². The number of anilines is 1. The van der Waals surface area contributed by atoms with E-state index in [0.29, 0.717) is 25.4 Å². The van der Waals surface area contributed by atoms with Crippen molar-refractivity contribution in [2.75, 3.05) is 38.1 Å². The van der Waals surface area contributed by atoms with E-state index in [0.717, 1.165) is 23.4 Å². The summed E-state index contributed by atoms with van der Waals surface area (Å²) in [7, 11) is -1.91. The second kappa shape index (κ2) is 10.3. The molecule has 1 heterocycles. The molecule has 2 aromatic rings. The second-order valence-corrected chi connectivity index (χ2v) is 8.36. The van der Waals surface area contributed by atoms with Crippen LogP contribution < -0.4 is 15.4 Å². The smallest absolute Gasteiger partial charge is 0.271 e. The van der Waals surface area contributed by atoms with Gasteiger partial charge in [0.2, 0.25) is 5.91 Å². The van der Waals surface area contributed by atoms with Crippen molar-refractivity contribution in [3.05, 3.63) is 47.3 Å². The van der Waals surface area contributed by atoms with Gasteiger partial charge in [-0.3, -0.25) is 9.52 Å². The Labute approximate surface area is 157 Å². The highest BCUT2D eigenvalue weighted by atomic mass is 32.2. The minimum Gasteiger partial charge on any atom is -0.383 e. The van der Waals surface area contributed by atoms with E-state index in [1.54, 1.807) is 48.9 Å². The lowest BCUT2D eigenvalue weighted by Crippen LogP contribution is -2.33.